The number of amides is 1. The Bertz CT molecular complexity index is 1110. The SMILES string of the molecule is CS(=O)(=O)c1cccc(C(=O)NCC(=O)Cc2nc(-c3ccccc3)cs2)c1. The first-order valence-electron chi connectivity index (χ1n) is 8.43. The quantitative estimate of drug-likeness (QED) is 0.642. The molecule has 8 heteroatoms. The fraction of sp³-hybridized carbons (Fsp3) is 0.150. The normalized spacial score (nSPS) is 11.2. The first-order valence-corrected chi connectivity index (χ1v) is 11.2. The highest BCUT2D eigenvalue weighted by Crippen LogP contribution is 2.21. The van der Waals surface area contributed by atoms with Gasteiger partial charge in [-0.2, -0.15) is 0 Å². The number of carbonyl (C=O) groups excluding carboxylic acids is 2. The van der Waals surface area contributed by atoms with E-state index in [0.717, 1.165) is 17.5 Å². The molecule has 2 aromatic carbocycles. The Morgan fingerprint density at radius 2 is 1.82 bits per heavy atom. The zero-order valence-electron chi connectivity index (χ0n) is 15.1. The molecule has 0 saturated heterocycles. The fourth-order valence-electron chi connectivity index (χ4n) is 2.51. The Labute approximate surface area is 167 Å². The number of nitrogens with zero attached hydrogens (tertiary/aromatic N) is 1. The van der Waals surface area contributed by atoms with Gasteiger partial charge in [0, 0.05) is 22.8 Å². The lowest BCUT2D eigenvalue weighted by Crippen LogP contribution is -2.30. The lowest BCUT2D eigenvalue weighted by molar-refractivity contribution is -0.117. The van der Waals surface area contributed by atoms with Crippen LogP contribution in [0.15, 0.2) is 64.9 Å². The van der Waals surface area contributed by atoms with Crippen LogP contribution in [0.25, 0.3) is 11.3 Å². The molecule has 0 atom stereocenters. The highest BCUT2D eigenvalue weighted by atomic mass is 32.2. The van der Waals surface area contributed by atoms with E-state index >= 15 is 0 Å². The van der Waals surface area contributed by atoms with Crippen LogP contribution in [-0.4, -0.2) is 37.9 Å². The molecule has 1 amide bonds. The summed E-state index contributed by atoms with van der Waals surface area (Å²) in [6, 6.07) is 15.4. The van der Waals surface area contributed by atoms with Crippen LogP contribution in [0.4, 0.5) is 0 Å². The third-order valence-electron chi connectivity index (χ3n) is 3.94. The van der Waals surface area contributed by atoms with Gasteiger partial charge in [0.2, 0.25) is 0 Å². The van der Waals surface area contributed by atoms with Crippen molar-refractivity contribution in [2.45, 2.75) is 11.3 Å². The van der Waals surface area contributed by atoms with E-state index in [1.165, 1.54) is 35.6 Å². The van der Waals surface area contributed by atoms with Gasteiger partial charge in [-0.15, -0.1) is 11.3 Å². The monoisotopic (exact) mass is 414 g/mol. The number of Topliss-reactive ketones (excluding diaryl/α,β-unsaturated/α-hetero) is 1. The summed E-state index contributed by atoms with van der Waals surface area (Å²) in [5.41, 5.74) is 1.99. The second kappa shape index (κ2) is 8.45. The van der Waals surface area contributed by atoms with Crippen LogP contribution in [0, 0.1) is 0 Å². The Morgan fingerprint density at radius 1 is 1.07 bits per heavy atom. The summed E-state index contributed by atoms with van der Waals surface area (Å²) in [7, 11) is -3.41. The number of carbonyl (C=O) groups is 2. The standard InChI is InChI=1S/C20H18N2O4S2/c1-28(25,26)17-9-5-8-15(10-17)20(24)21-12-16(23)11-19-22-18(13-27-19)14-6-3-2-4-7-14/h2-10,13H,11-12H2,1H3,(H,21,24). The predicted octanol–water partition coefficient (Wildman–Crippen LogP) is 2.76. The average Bonchev–Trinajstić information content (AvgIpc) is 3.14. The maximum Gasteiger partial charge on any atom is 0.251 e. The van der Waals surface area contributed by atoms with Crippen molar-refractivity contribution in [3.63, 3.8) is 0 Å². The number of aromatic nitrogens is 1. The second-order valence-electron chi connectivity index (χ2n) is 6.19. The summed E-state index contributed by atoms with van der Waals surface area (Å²) >= 11 is 1.40. The first kappa shape index (κ1) is 19.9. The number of hydrogen-bond acceptors (Lipinski definition) is 6. The molecule has 3 rings (SSSR count). The van der Waals surface area contributed by atoms with Crippen molar-refractivity contribution in [1.82, 2.24) is 10.3 Å². The maximum absolute atomic E-state index is 12.2. The Balaban J connectivity index is 1.58. The third-order valence-corrected chi connectivity index (χ3v) is 5.90. The number of ketones is 1. The molecule has 1 heterocycles. The van der Waals surface area contributed by atoms with E-state index in [2.05, 4.69) is 10.3 Å². The summed E-state index contributed by atoms with van der Waals surface area (Å²) in [6.07, 6.45) is 1.20. The van der Waals surface area contributed by atoms with Gasteiger partial charge in [-0.1, -0.05) is 36.4 Å². The molecule has 3 aromatic rings. The molecule has 0 bridgehead atoms. The number of rotatable bonds is 7. The molecule has 1 aromatic heterocycles. The summed E-state index contributed by atoms with van der Waals surface area (Å²) < 4.78 is 23.2. The highest BCUT2D eigenvalue weighted by Gasteiger charge is 2.14. The number of thiazole rings is 1. The summed E-state index contributed by atoms with van der Waals surface area (Å²) in [5.74, 6) is -0.676. The molecule has 6 nitrogen and oxygen atoms in total. The molecular formula is C20H18N2O4S2. The van der Waals surface area contributed by atoms with Crippen LogP contribution in [0.3, 0.4) is 0 Å². The summed E-state index contributed by atoms with van der Waals surface area (Å²) in [5, 5.41) is 5.10. The van der Waals surface area contributed by atoms with E-state index in [9.17, 15) is 18.0 Å². The van der Waals surface area contributed by atoms with E-state index in [0.29, 0.717) is 5.01 Å². The molecule has 0 saturated carbocycles. The van der Waals surface area contributed by atoms with Crippen molar-refractivity contribution < 1.29 is 18.0 Å². The van der Waals surface area contributed by atoms with Crippen LogP contribution in [-0.2, 0) is 21.1 Å². The fourth-order valence-corrected chi connectivity index (χ4v) is 4.01. The van der Waals surface area contributed by atoms with Gasteiger partial charge in [0.1, 0.15) is 5.01 Å². The number of nitrogens with one attached hydrogen (secondary N) is 1. The topological polar surface area (TPSA) is 93.2 Å². The molecule has 0 unspecified atom stereocenters. The Kier molecular flexibility index (Phi) is 6.01. The minimum Gasteiger partial charge on any atom is -0.345 e. The van der Waals surface area contributed by atoms with Crippen molar-refractivity contribution in [2.75, 3.05) is 12.8 Å². The molecule has 0 aliphatic heterocycles. The van der Waals surface area contributed by atoms with Gasteiger partial charge < -0.3 is 5.32 Å². The molecule has 0 fully saturated rings. The van der Waals surface area contributed by atoms with Gasteiger partial charge in [0.25, 0.3) is 5.91 Å². The largest absolute Gasteiger partial charge is 0.345 e. The second-order valence-corrected chi connectivity index (χ2v) is 9.15. The van der Waals surface area contributed by atoms with Crippen molar-refractivity contribution >= 4 is 32.9 Å². The lowest BCUT2D eigenvalue weighted by Gasteiger charge is -2.05. The van der Waals surface area contributed by atoms with Gasteiger partial charge in [-0.25, -0.2) is 13.4 Å². The van der Waals surface area contributed by atoms with Crippen molar-refractivity contribution in [3.8, 4) is 11.3 Å². The third kappa shape index (κ3) is 5.11. The van der Waals surface area contributed by atoms with Gasteiger partial charge >= 0.3 is 0 Å². The number of sulfone groups is 1. The zero-order chi connectivity index (χ0) is 20.1. The molecular weight excluding hydrogens is 396 g/mol. The predicted molar refractivity (Wildman–Crippen MR) is 108 cm³/mol. The van der Waals surface area contributed by atoms with Gasteiger partial charge in [-0.05, 0) is 18.2 Å². The Hall–Kier alpha value is -2.84. The zero-order valence-corrected chi connectivity index (χ0v) is 16.7. The lowest BCUT2D eigenvalue weighted by atomic mass is 10.2. The van der Waals surface area contributed by atoms with Crippen LogP contribution in [0.2, 0.25) is 0 Å². The number of hydrogen-bond donors (Lipinski definition) is 1. The van der Waals surface area contributed by atoms with Crippen LogP contribution < -0.4 is 5.32 Å². The maximum atomic E-state index is 12.2. The summed E-state index contributed by atoms with van der Waals surface area (Å²) in [6.45, 7) is -0.151. The molecule has 0 aliphatic carbocycles. The van der Waals surface area contributed by atoms with E-state index in [1.54, 1.807) is 0 Å². The van der Waals surface area contributed by atoms with E-state index in [-0.39, 0.29) is 29.2 Å². The minimum absolute atomic E-state index is 0.0581. The van der Waals surface area contributed by atoms with E-state index < -0.39 is 15.7 Å². The molecule has 1 N–H and O–H groups in total. The Morgan fingerprint density at radius 3 is 2.54 bits per heavy atom. The highest BCUT2D eigenvalue weighted by molar-refractivity contribution is 7.90. The molecule has 28 heavy (non-hydrogen) atoms. The van der Waals surface area contributed by atoms with E-state index in [1.807, 2.05) is 35.7 Å². The minimum atomic E-state index is -3.41. The van der Waals surface area contributed by atoms with Crippen molar-refractivity contribution in [2.24, 2.45) is 0 Å². The number of benzene rings is 2. The van der Waals surface area contributed by atoms with Gasteiger partial charge in [0.05, 0.1) is 23.6 Å². The molecule has 144 valence electrons. The van der Waals surface area contributed by atoms with E-state index in [4.69, 9.17) is 0 Å². The van der Waals surface area contributed by atoms with Crippen molar-refractivity contribution in [1.29, 1.82) is 0 Å². The summed E-state index contributed by atoms with van der Waals surface area (Å²) in [4.78, 5) is 28.9. The molecule has 0 radical (unpaired) electrons. The molecule has 0 spiro atoms. The van der Waals surface area contributed by atoms with Gasteiger partial charge in [0.15, 0.2) is 15.6 Å². The van der Waals surface area contributed by atoms with Crippen molar-refractivity contribution in [3.05, 3.63) is 70.5 Å². The first-order chi connectivity index (χ1) is 13.3. The van der Waals surface area contributed by atoms with Crippen LogP contribution in [0.5, 0.6) is 0 Å². The van der Waals surface area contributed by atoms with Crippen LogP contribution in [0.1, 0.15) is 15.4 Å². The van der Waals surface area contributed by atoms with Gasteiger partial charge in [-0.3, -0.25) is 9.59 Å². The molecule has 0 aliphatic rings. The van der Waals surface area contributed by atoms with Crippen LogP contribution >= 0.6 is 11.3 Å². The average molecular weight is 415 g/mol. The smallest absolute Gasteiger partial charge is 0.251 e.